The number of carbonyl (C=O) groups is 1. The van der Waals surface area contributed by atoms with E-state index in [-0.39, 0.29) is 11.9 Å². The van der Waals surface area contributed by atoms with Gasteiger partial charge in [-0.05, 0) is 36.4 Å². The summed E-state index contributed by atoms with van der Waals surface area (Å²) in [7, 11) is 1.57. The highest BCUT2D eigenvalue weighted by Gasteiger charge is 2.18. The molecule has 1 N–H and O–H groups in total. The van der Waals surface area contributed by atoms with Crippen LogP contribution < -0.4 is 10.1 Å². The van der Waals surface area contributed by atoms with Crippen molar-refractivity contribution in [2.24, 2.45) is 0 Å². The predicted octanol–water partition coefficient (Wildman–Crippen LogP) is 2.50. The molecule has 1 unspecified atom stereocenters. The maximum absolute atomic E-state index is 12.3. The quantitative estimate of drug-likeness (QED) is 0.759. The van der Waals surface area contributed by atoms with E-state index in [0.717, 1.165) is 5.76 Å². The Morgan fingerprint density at radius 3 is 2.96 bits per heavy atom. The number of aromatic nitrogens is 2. The second kappa shape index (κ2) is 6.83. The van der Waals surface area contributed by atoms with E-state index >= 15 is 0 Å². The molecule has 6 nitrogen and oxygen atoms in total. The standard InChI is InChI=1S/C17H17N3O3/c1-22-14-6-2-5-13(11-14)17(21)18-12-15(16-7-3-10-23-16)20-9-4-8-19-20/h2-11,15H,12H2,1H3,(H,18,21). The first-order chi connectivity index (χ1) is 11.3. The summed E-state index contributed by atoms with van der Waals surface area (Å²) in [6.45, 7) is 0.366. The Morgan fingerprint density at radius 1 is 1.35 bits per heavy atom. The van der Waals surface area contributed by atoms with Crippen LogP contribution in [-0.4, -0.2) is 29.3 Å². The largest absolute Gasteiger partial charge is 0.497 e. The number of nitrogens with zero attached hydrogens (tertiary/aromatic N) is 2. The summed E-state index contributed by atoms with van der Waals surface area (Å²) in [4.78, 5) is 12.3. The number of hydrogen-bond donors (Lipinski definition) is 1. The van der Waals surface area contributed by atoms with E-state index in [0.29, 0.717) is 17.9 Å². The summed E-state index contributed by atoms with van der Waals surface area (Å²) in [6, 6.07) is 12.3. The summed E-state index contributed by atoms with van der Waals surface area (Å²) >= 11 is 0. The molecule has 0 saturated heterocycles. The number of benzene rings is 1. The lowest BCUT2D eigenvalue weighted by Gasteiger charge is -2.16. The van der Waals surface area contributed by atoms with Gasteiger partial charge < -0.3 is 14.5 Å². The van der Waals surface area contributed by atoms with Gasteiger partial charge in [-0.15, -0.1) is 0 Å². The second-order valence-corrected chi connectivity index (χ2v) is 4.96. The lowest BCUT2D eigenvalue weighted by molar-refractivity contribution is 0.0947. The molecule has 1 aromatic carbocycles. The van der Waals surface area contributed by atoms with Crippen LogP contribution in [0.1, 0.15) is 22.2 Å². The molecular weight excluding hydrogens is 294 g/mol. The third-order valence-corrected chi connectivity index (χ3v) is 3.50. The van der Waals surface area contributed by atoms with Gasteiger partial charge in [0, 0.05) is 24.5 Å². The van der Waals surface area contributed by atoms with Gasteiger partial charge in [-0.3, -0.25) is 9.48 Å². The SMILES string of the molecule is COc1cccc(C(=O)NCC(c2ccco2)n2cccn2)c1. The third-order valence-electron chi connectivity index (χ3n) is 3.50. The highest BCUT2D eigenvalue weighted by molar-refractivity contribution is 5.94. The van der Waals surface area contributed by atoms with Crippen LogP contribution in [0.25, 0.3) is 0 Å². The van der Waals surface area contributed by atoms with Crippen molar-refractivity contribution >= 4 is 5.91 Å². The van der Waals surface area contributed by atoms with Crippen molar-refractivity contribution in [3.05, 3.63) is 72.4 Å². The van der Waals surface area contributed by atoms with Gasteiger partial charge in [-0.1, -0.05) is 6.07 Å². The van der Waals surface area contributed by atoms with Gasteiger partial charge in [0.15, 0.2) is 0 Å². The van der Waals surface area contributed by atoms with Crippen molar-refractivity contribution in [3.8, 4) is 5.75 Å². The normalized spacial score (nSPS) is 11.9. The minimum Gasteiger partial charge on any atom is -0.497 e. The highest BCUT2D eigenvalue weighted by Crippen LogP contribution is 2.18. The average molecular weight is 311 g/mol. The number of nitrogens with one attached hydrogen (secondary N) is 1. The number of furan rings is 1. The Hall–Kier alpha value is -3.02. The summed E-state index contributed by atoms with van der Waals surface area (Å²) < 4.78 is 12.4. The Bertz CT molecular complexity index is 717. The first kappa shape index (κ1) is 14.9. The van der Waals surface area contributed by atoms with E-state index in [2.05, 4.69) is 10.4 Å². The van der Waals surface area contributed by atoms with Gasteiger partial charge in [0.1, 0.15) is 17.6 Å². The van der Waals surface area contributed by atoms with Gasteiger partial charge in [0.05, 0.1) is 13.4 Å². The minimum absolute atomic E-state index is 0.174. The zero-order valence-corrected chi connectivity index (χ0v) is 12.7. The molecule has 3 aromatic rings. The predicted molar refractivity (Wildman–Crippen MR) is 84.4 cm³/mol. The molecule has 3 rings (SSSR count). The van der Waals surface area contributed by atoms with Crippen LogP contribution in [-0.2, 0) is 0 Å². The number of carbonyl (C=O) groups excluding carboxylic acids is 1. The van der Waals surface area contributed by atoms with Crippen LogP contribution in [0.15, 0.2) is 65.5 Å². The number of hydrogen-bond acceptors (Lipinski definition) is 4. The maximum Gasteiger partial charge on any atom is 0.251 e. The molecule has 23 heavy (non-hydrogen) atoms. The van der Waals surface area contributed by atoms with Crippen LogP contribution in [0.3, 0.4) is 0 Å². The third kappa shape index (κ3) is 3.42. The first-order valence-corrected chi connectivity index (χ1v) is 7.22. The molecular formula is C17H17N3O3. The molecule has 6 heteroatoms. The van der Waals surface area contributed by atoms with E-state index < -0.39 is 0 Å². The molecule has 0 spiro atoms. The van der Waals surface area contributed by atoms with E-state index in [1.54, 1.807) is 48.5 Å². The molecule has 1 amide bonds. The fraction of sp³-hybridized carbons (Fsp3) is 0.176. The molecule has 1 atom stereocenters. The summed E-state index contributed by atoms with van der Waals surface area (Å²) in [6.07, 6.45) is 5.14. The highest BCUT2D eigenvalue weighted by atomic mass is 16.5. The molecule has 0 fully saturated rings. The minimum atomic E-state index is -0.199. The van der Waals surface area contributed by atoms with Crippen molar-refractivity contribution in [1.29, 1.82) is 0 Å². The molecule has 118 valence electrons. The van der Waals surface area contributed by atoms with Crippen molar-refractivity contribution in [1.82, 2.24) is 15.1 Å². The fourth-order valence-corrected chi connectivity index (χ4v) is 2.33. The Kier molecular flexibility index (Phi) is 4.42. The Labute approximate surface area is 133 Å². The molecule has 2 heterocycles. The molecule has 0 aliphatic rings. The lowest BCUT2D eigenvalue weighted by atomic mass is 10.2. The van der Waals surface area contributed by atoms with Gasteiger partial charge in [0.25, 0.3) is 5.91 Å². The van der Waals surface area contributed by atoms with Gasteiger partial charge >= 0.3 is 0 Å². The van der Waals surface area contributed by atoms with Gasteiger partial charge in [-0.25, -0.2) is 0 Å². The molecule has 0 aliphatic carbocycles. The fourth-order valence-electron chi connectivity index (χ4n) is 2.33. The smallest absolute Gasteiger partial charge is 0.251 e. The van der Waals surface area contributed by atoms with E-state index in [9.17, 15) is 4.79 Å². The number of methoxy groups -OCH3 is 1. The number of ether oxygens (including phenoxy) is 1. The van der Waals surface area contributed by atoms with E-state index in [1.807, 2.05) is 24.4 Å². The Balaban J connectivity index is 1.73. The second-order valence-electron chi connectivity index (χ2n) is 4.96. The van der Waals surface area contributed by atoms with E-state index in [1.165, 1.54) is 0 Å². The average Bonchev–Trinajstić information content (AvgIpc) is 3.29. The maximum atomic E-state index is 12.3. The zero-order chi connectivity index (χ0) is 16.1. The lowest BCUT2D eigenvalue weighted by Crippen LogP contribution is -2.31. The van der Waals surface area contributed by atoms with Crippen LogP contribution in [0.5, 0.6) is 5.75 Å². The number of rotatable bonds is 6. The van der Waals surface area contributed by atoms with Crippen molar-refractivity contribution < 1.29 is 13.9 Å². The zero-order valence-electron chi connectivity index (χ0n) is 12.7. The summed E-state index contributed by atoms with van der Waals surface area (Å²) in [5, 5.41) is 7.15. The van der Waals surface area contributed by atoms with Crippen molar-refractivity contribution in [2.75, 3.05) is 13.7 Å². The van der Waals surface area contributed by atoms with Crippen molar-refractivity contribution in [2.45, 2.75) is 6.04 Å². The Morgan fingerprint density at radius 2 is 2.26 bits per heavy atom. The van der Waals surface area contributed by atoms with Gasteiger partial charge in [0.2, 0.25) is 0 Å². The molecule has 0 bridgehead atoms. The summed E-state index contributed by atoms with van der Waals surface area (Å²) in [5.74, 6) is 1.21. The molecule has 0 radical (unpaired) electrons. The molecule has 0 aliphatic heterocycles. The molecule has 0 saturated carbocycles. The topological polar surface area (TPSA) is 69.3 Å². The van der Waals surface area contributed by atoms with E-state index in [4.69, 9.17) is 9.15 Å². The first-order valence-electron chi connectivity index (χ1n) is 7.22. The van der Waals surface area contributed by atoms with Crippen LogP contribution in [0.2, 0.25) is 0 Å². The van der Waals surface area contributed by atoms with Crippen molar-refractivity contribution in [3.63, 3.8) is 0 Å². The molecule has 2 aromatic heterocycles. The summed E-state index contributed by atoms with van der Waals surface area (Å²) in [5.41, 5.74) is 0.544. The monoisotopic (exact) mass is 311 g/mol. The van der Waals surface area contributed by atoms with Crippen LogP contribution in [0, 0.1) is 0 Å². The van der Waals surface area contributed by atoms with Crippen LogP contribution >= 0.6 is 0 Å². The van der Waals surface area contributed by atoms with Gasteiger partial charge in [-0.2, -0.15) is 5.10 Å². The number of amides is 1. The van der Waals surface area contributed by atoms with Crippen LogP contribution in [0.4, 0.5) is 0 Å².